The SMILES string of the molecule is COc1cn(-c2ccccc2)nc1C(=O)Nc1ccc2ccccc2n1. The van der Waals surface area contributed by atoms with E-state index >= 15 is 0 Å². The molecule has 0 fully saturated rings. The van der Waals surface area contributed by atoms with Gasteiger partial charge < -0.3 is 10.1 Å². The molecule has 128 valence electrons. The van der Waals surface area contributed by atoms with E-state index in [-0.39, 0.29) is 11.6 Å². The molecule has 2 heterocycles. The van der Waals surface area contributed by atoms with Gasteiger partial charge in [-0.2, -0.15) is 5.10 Å². The summed E-state index contributed by atoms with van der Waals surface area (Å²) in [5.41, 5.74) is 1.85. The number of hydrogen-bond donors (Lipinski definition) is 1. The number of carbonyl (C=O) groups excluding carboxylic acids is 1. The minimum absolute atomic E-state index is 0.200. The van der Waals surface area contributed by atoms with Gasteiger partial charge >= 0.3 is 0 Å². The molecule has 0 bridgehead atoms. The Labute approximate surface area is 150 Å². The maximum Gasteiger partial charge on any atom is 0.281 e. The minimum atomic E-state index is -0.376. The molecule has 1 N–H and O–H groups in total. The fourth-order valence-corrected chi connectivity index (χ4v) is 2.69. The Bertz CT molecular complexity index is 1070. The zero-order valence-corrected chi connectivity index (χ0v) is 14.1. The lowest BCUT2D eigenvalue weighted by Gasteiger charge is -2.05. The van der Waals surface area contributed by atoms with Crippen molar-refractivity contribution in [3.05, 3.63) is 78.6 Å². The molecule has 6 nitrogen and oxygen atoms in total. The summed E-state index contributed by atoms with van der Waals surface area (Å²) < 4.78 is 6.92. The molecule has 0 radical (unpaired) electrons. The number of nitrogens with zero attached hydrogens (tertiary/aromatic N) is 3. The zero-order valence-electron chi connectivity index (χ0n) is 14.1. The molecule has 0 spiro atoms. The summed E-state index contributed by atoms with van der Waals surface area (Å²) in [5.74, 6) is 0.483. The highest BCUT2D eigenvalue weighted by Gasteiger charge is 2.19. The first-order valence-corrected chi connectivity index (χ1v) is 8.11. The molecule has 0 aliphatic rings. The summed E-state index contributed by atoms with van der Waals surface area (Å²) in [6.45, 7) is 0. The molecule has 0 aliphatic heterocycles. The van der Waals surface area contributed by atoms with E-state index < -0.39 is 0 Å². The Balaban J connectivity index is 1.63. The van der Waals surface area contributed by atoms with Crippen LogP contribution in [0.15, 0.2) is 72.9 Å². The van der Waals surface area contributed by atoms with Crippen molar-refractivity contribution < 1.29 is 9.53 Å². The number of anilines is 1. The van der Waals surface area contributed by atoms with Gasteiger partial charge in [0.05, 0.1) is 24.5 Å². The number of pyridine rings is 1. The average Bonchev–Trinajstić information content (AvgIpc) is 3.13. The number of nitrogens with one attached hydrogen (secondary N) is 1. The van der Waals surface area contributed by atoms with E-state index in [1.807, 2.05) is 60.7 Å². The molecule has 6 heteroatoms. The van der Waals surface area contributed by atoms with Crippen molar-refractivity contribution in [3.8, 4) is 11.4 Å². The molecule has 2 aromatic carbocycles. The molecule has 0 aliphatic carbocycles. The van der Waals surface area contributed by atoms with Crippen LogP contribution in [-0.2, 0) is 0 Å². The van der Waals surface area contributed by atoms with Crippen LogP contribution in [0.5, 0.6) is 5.75 Å². The molecule has 4 rings (SSSR count). The lowest BCUT2D eigenvalue weighted by Crippen LogP contribution is -2.15. The van der Waals surface area contributed by atoms with Gasteiger partial charge in [0.25, 0.3) is 5.91 Å². The van der Waals surface area contributed by atoms with Crippen molar-refractivity contribution in [1.29, 1.82) is 0 Å². The first-order valence-electron chi connectivity index (χ1n) is 8.11. The van der Waals surface area contributed by atoms with Crippen LogP contribution in [0.4, 0.5) is 5.82 Å². The minimum Gasteiger partial charge on any atom is -0.493 e. The molecule has 1 amide bonds. The van der Waals surface area contributed by atoms with Gasteiger partial charge in [-0.3, -0.25) is 4.79 Å². The predicted octanol–water partition coefficient (Wildman–Crippen LogP) is 3.68. The van der Waals surface area contributed by atoms with Gasteiger partial charge in [-0.05, 0) is 30.3 Å². The Hall–Kier alpha value is -3.67. The molecule has 0 saturated heterocycles. The van der Waals surface area contributed by atoms with Gasteiger partial charge in [0.2, 0.25) is 0 Å². The summed E-state index contributed by atoms with van der Waals surface area (Å²) in [7, 11) is 1.51. The first-order chi connectivity index (χ1) is 12.7. The molecule has 2 aromatic heterocycles. The van der Waals surface area contributed by atoms with E-state index in [1.165, 1.54) is 7.11 Å². The molecular formula is C20H16N4O2. The molecular weight excluding hydrogens is 328 g/mol. The molecule has 0 saturated carbocycles. The van der Waals surface area contributed by atoms with E-state index in [0.29, 0.717) is 11.6 Å². The molecule has 0 atom stereocenters. The van der Waals surface area contributed by atoms with E-state index in [0.717, 1.165) is 16.6 Å². The molecule has 4 aromatic rings. The third-order valence-corrected chi connectivity index (χ3v) is 3.98. The predicted molar refractivity (Wildman–Crippen MR) is 99.8 cm³/mol. The van der Waals surface area contributed by atoms with Gasteiger partial charge in [0, 0.05) is 5.39 Å². The second kappa shape index (κ2) is 6.68. The number of aromatic nitrogens is 3. The normalized spacial score (nSPS) is 10.7. The molecule has 26 heavy (non-hydrogen) atoms. The average molecular weight is 344 g/mol. The van der Waals surface area contributed by atoms with Gasteiger partial charge in [-0.15, -0.1) is 0 Å². The maximum absolute atomic E-state index is 12.7. The van der Waals surface area contributed by atoms with Crippen LogP contribution in [0, 0.1) is 0 Å². The summed E-state index contributed by atoms with van der Waals surface area (Å²) in [6, 6.07) is 20.9. The maximum atomic E-state index is 12.7. The number of amides is 1. The summed E-state index contributed by atoms with van der Waals surface area (Å²) >= 11 is 0. The lowest BCUT2D eigenvalue weighted by atomic mass is 10.2. The summed E-state index contributed by atoms with van der Waals surface area (Å²) in [5, 5.41) is 8.16. The summed E-state index contributed by atoms with van der Waals surface area (Å²) in [6.07, 6.45) is 1.68. The van der Waals surface area contributed by atoms with E-state index in [2.05, 4.69) is 15.4 Å². The van der Waals surface area contributed by atoms with E-state index in [4.69, 9.17) is 4.74 Å². The number of methoxy groups -OCH3 is 1. The van der Waals surface area contributed by atoms with Gasteiger partial charge in [-0.1, -0.05) is 36.4 Å². The largest absolute Gasteiger partial charge is 0.493 e. The first kappa shape index (κ1) is 15.8. The third kappa shape index (κ3) is 3.00. The van der Waals surface area contributed by atoms with Crippen molar-refractivity contribution in [2.75, 3.05) is 12.4 Å². The fourth-order valence-electron chi connectivity index (χ4n) is 2.69. The number of fused-ring (bicyclic) bond motifs is 1. The number of ether oxygens (including phenoxy) is 1. The topological polar surface area (TPSA) is 69.0 Å². The smallest absolute Gasteiger partial charge is 0.281 e. The van der Waals surface area contributed by atoms with Crippen LogP contribution in [0.25, 0.3) is 16.6 Å². The number of benzene rings is 2. The van der Waals surface area contributed by atoms with Gasteiger partial charge in [0.1, 0.15) is 5.82 Å². The van der Waals surface area contributed by atoms with Crippen LogP contribution in [0.1, 0.15) is 10.5 Å². The van der Waals surface area contributed by atoms with E-state index in [9.17, 15) is 4.79 Å². The highest BCUT2D eigenvalue weighted by molar-refractivity contribution is 6.04. The highest BCUT2D eigenvalue weighted by Crippen LogP contribution is 2.21. The number of hydrogen-bond acceptors (Lipinski definition) is 4. The number of carbonyl (C=O) groups is 1. The van der Waals surface area contributed by atoms with Crippen molar-refractivity contribution in [1.82, 2.24) is 14.8 Å². The van der Waals surface area contributed by atoms with Crippen LogP contribution in [0.3, 0.4) is 0 Å². The van der Waals surface area contributed by atoms with Crippen LogP contribution < -0.4 is 10.1 Å². The van der Waals surface area contributed by atoms with Crippen LogP contribution >= 0.6 is 0 Å². The monoisotopic (exact) mass is 344 g/mol. The standard InChI is InChI=1S/C20H16N4O2/c1-26-17-13-24(15-8-3-2-4-9-15)23-19(17)20(25)22-18-12-11-14-7-5-6-10-16(14)21-18/h2-13H,1H3,(H,21,22,25). The van der Waals surface area contributed by atoms with Crippen molar-refractivity contribution in [3.63, 3.8) is 0 Å². The Morgan fingerprint density at radius 1 is 1.00 bits per heavy atom. The highest BCUT2D eigenvalue weighted by atomic mass is 16.5. The van der Waals surface area contributed by atoms with Crippen molar-refractivity contribution >= 4 is 22.6 Å². The van der Waals surface area contributed by atoms with Crippen molar-refractivity contribution in [2.45, 2.75) is 0 Å². The summed E-state index contributed by atoms with van der Waals surface area (Å²) in [4.78, 5) is 17.1. The van der Waals surface area contributed by atoms with Crippen LogP contribution in [0.2, 0.25) is 0 Å². The Kier molecular flexibility index (Phi) is 4.07. The van der Waals surface area contributed by atoms with Crippen molar-refractivity contribution in [2.24, 2.45) is 0 Å². The number of rotatable bonds is 4. The Morgan fingerprint density at radius 3 is 2.58 bits per heavy atom. The zero-order chi connectivity index (χ0) is 17.9. The lowest BCUT2D eigenvalue weighted by molar-refractivity contribution is 0.101. The second-order valence-electron chi connectivity index (χ2n) is 5.67. The molecule has 0 unspecified atom stereocenters. The van der Waals surface area contributed by atoms with E-state index in [1.54, 1.807) is 16.9 Å². The Morgan fingerprint density at radius 2 is 1.77 bits per heavy atom. The van der Waals surface area contributed by atoms with Gasteiger partial charge in [0.15, 0.2) is 11.4 Å². The third-order valence-electron chi connectivity index (χ3n) is 3.98. The van der Waals surface area contributed by atoms with Gasteiger partial charge in [-0.25, -0.2) is 9.67 Å². The van der Waals surface area contributed by atoms with Crippen LogP contribution in [-0.4, -0.2) is 27.8 Å². The second-order valence-corrected chi connectivity index (χ2v) is 5.67. The fraction of sp³-hybridized carbons (Fsp3) is 0.0500. The number of para-hydroxylation sites is 2. The quantitative estimate of drug-likeness (QED) is 0.613.